The zero-order valence-corrected chi connectivity index (χ0v) is 11.5. The molecule has 2 rings (SSSR count). The summed E-state index contributed by atoms with van der Waals surface area (Å²) in [6.07, 6.45) is 1.28. The van der Waals surface area contributed by atoms with Crippen molar-refractivity contribution in [3.63, 3.8) is 0 Å². The average Bonchev–Trinajstić information content (AvgIpc) is 2.82. The highest BCUT2D eigenvalue weighted by Crippen LogP contribution is 2.25. The number of benzene rings is 1. The highest BCUT2D eigenvalue weighted by Gasteiger charge is 2.26. The van der Waals surface area contributed by atoms with Crippen LogP contribution in [-0.2, 0) is 9.53 Å². The molecule has 0 bridgehead atoms. The normalized spacial score (nSPS) is 18.6. The van der Waals surface area contributed by atoms with Crippen molar-refractivity contribution in [1.29, 1.82) is 0 Å². The summed E-state index contributed by atoms with van der Waals surface area (Å²) in [5, 5.41) is 0. The van der Waals surface area contributed by atoms with E-state index in [2.05, 4.69) is 20.9 Å². The Morgan fingerprint density at radius 1 is 1.61 bits per heavy atom. The van der Waals surface area contributed by atoms with Crippen molar-refractivity contribution < 1.29 is 13.9 Å². The third-order valence-electron chi connectivity index (χ3n) is 2.76. The number of ether oxygens (including phenoxy) is 1. The summed E-state index contributed by atoms with van der Waals surface area (Å²) in [4.78, 5) is 15.9. The molecule has 0 N–H and O–H groups in total. The second-order valence-corrected chi connectivity index (χ2v) is 4.86. The third-order valence-corrected chi connectivity index (χ3v) is 3.46. The van der Waals surface area contributed by atoms with E-state index >= 15 is 0 Å². The van der Waals surface area contributed by atoms with Gasteiger partial charge in [0.25, 0.3) is 0 Å². The lowest BCUT2D eigenvalue weighted by molar-refractivity contribution is -0.144. The van der Waals surface area contributed by atoms with Gasteiger partial charge in [0.15, 0.2) is 0 Å². The van der Waals surface area contributed by atoms with Crippen molar-refractivity contribution >= 4 is 27.6 Å². The van der Waals surface area contributed by atoms with Crippen LogP contribution in [0.2, 0.25) is 0 Å². The van der Waals surface area contributed by atoms with Crippen LogP contribution in [0.3, 0.4) is 0 Å². The van der Waals surface area contributed by atoms with Crippen molar-refractivity contribution in [3.05, 3.63) is 34.1 Å². The zero-order chi connectivity index (χ0) is 13.1. The third kappa shape index (κ3) is 2.77. The van der Waals surface area contributed by atoms with Crippen molar-refractivity contribution in [3.8, 4) is 0 Å². The molecule has 1 atom stereocenters. The lowest BCUT2D eigenvalue weighted by Gasteiger charge is -2.05. The molecule has 0 aliphatic carbocycles. The van der Waals surface area contributed by atoms with E-state index in [0.717, 1.165) is 10.2 Å². The highest BCUT2D eigenvalue weighted by molar-refractivity contribution is 9.10. The minimum atomic E-state index is -0.449. The number of rotatable bonds is 3. The number of esters is 1. The van der Waals surface area contributed by atoms with Gasteiger partial charge in [0.05, 0.1) is 6.61 Å². The fourth-order valence-corrected chi connectivity index (χ4v) is 2.40. The van der Waals surface area contributed by atoms with Gasteiger partial charge in [0.2, 0.25) is 0 Å². The molecule has 0 saturated carbocycles. The number of aliphatic imine (C=N–C) groups is 1. The summed E-state index contributed by atoms with van der Waals surface area (Å²) in [6, 6.07) is 4.00. The molecule has 0 spiro atoms. The molecule has 0 unspecified atom stereocenters. The topological polar surface area (TPSA) is 38.7 Å². The van der Waals surface area contributed by atoms with Crippen LogP contribution in [-0.4, -0.2) is 24.3 Å². The molecule has 1 aromatic rings. The first-order valence-corrected chi connectivity index (χ1v) is 6.60. The first-order chi connectivity index (χ1) is 8.61. The Hall–Kier alpha value is -1.23. The number of carbonyl (C=O) groups excluding carboxylic acids is 1. The van der Waals surface area contributed by atoms with Gasteiger partial charge in [-0.15, -0.1) is 0 Å². The van der Waals surface area contributed by atoms with Gasteiger partial charge in [-0.05, 0) is 38.0 Å². The molecule has 0 aromatic heterocycles. The molecule has 0 saturated heterocycles. The molecular weight excluding hydrogens is 301 g/mol. The second kappa shape index (κ2) is 5.61. The maximum absolute atomic E-state index is 13.2. The number of carbonyl (C=O) groups is 1. The SMILES string of the molecule is CCOC(=O)[C@H]1CCC(c2cc(F)ccc2Br)=N1. The van der Waals surface area contributed by atoms with Crippen LogP contribution in [0.5, 0.6) is 0 Å². The molecule has 0 fully saturated rings. The van der Waals surface area contributed by atoms with Crippen molar-refractivity contribution in [2.24, 2.45) is 4.99 Å². The molecule has 1 heterocycles. The van der Waals surface area contributed by atoms with E-state index in [1.807, 2.05) is 0 Å². The van der Waals surface area contributed by atoms with Crippen LogP contribution in [0.4, 0.5) is 4.39 Å². The summed E-state index contributed by atoms with van der Waals surface area (Å²) in [5.41, 5.74) is 1.46. The van der Waals surface area contributed by atoms with E-state index in [9.17, 15) is 9.18 Å². The lowest BCUT2D eigenvalue weighted by atomic mass is 10.1. The molecule has 1 aliphatic heterocycles. The smallest absolute Gasteiger partial charge is 0.330 e. The van der Waals surface area contributed by atoms with Crippen LogP contribution in [0, 0.1) is 5.82 Å². The average molecular weight is 314 g/mol. The molecular formula is C13H13BrFNO2. The lowest BCUT2D eigenvalue weighted by Crippen LogP contribution is -2.18. The van der Waals surface area contributed by atoms with Gasteiger partial charge in [-0.2, -0.15) is 0 Å². The van der Waals surface area contributed by atoms with E-state index in [4.69, 9.17) is 4.74 Å². The Bertz CT molecular complexity index is 502. The van der Waals surface area contributed by atoms with E-state index in [0.29, 0.717) is 25.0 Å². The molecule has 0 amide bonds. The summed E-state index contributed by atoms with van der Waals surface area (Å²) >= 11 is 3.36. The number of nitrogens with zero attached hydrogens (tertiary/aromatic N) is 1. The Kier molecular flexibility index (Phi) is 4.11. The predicted molar refractivity (Wildman–Crippen MR) is 70.3 cm³/mol. The zero-order valence-electron chi connectivity index (χ0n) is 9.95. The summed E-state index contributed by atoms with van der Waals surface area (Å²) < 4.78 is 18.9. The van der Waals surface area contributed by atoms with Gasteiger partial charge < -0.3 is 4.74 Å². The van der Waals surface area contributed by atoms with Crippen LogP contribution < -0.4 is 0 Å². The fraction of sp³-hybridized carbons (Fsp3) is 0.385. The maximum Gasteiger partial charge on any atom is 0.330 e. The summed E-state index contributed by atoms with van der Waals surface area (Å²) in [5.74, 6) is -0.615. The quantitative estimate of drug-likeness (QED) is 0.804. The first kappa shape index (κ1) is 13.2. The van der Waals surface area contributed by atoms with Crippen LogP contribution in [0.15, 0.2) is 27.7 Å². The van der Waals surface area contributed by atoms with Crippen LogP contribution in [0.1, 0.15) is 25.3 Å². The Morgan fingerprint density at radius 2 is 2.39 bits per heavy atom. The van der Waals surface area contributed by atoms with E-state index < -0.39 is 6.04 Å². The monoisotopic (exact) mass is 313 g/mol. The Labute approximate surface area is 113 Å². The van der Waals surface area contributed by atoms with Gasteiger partial charge in [-0.1, -0.05) is 15.9 Å². The van der Waals surface area contributed by atoms with Gasteiger partial charge in [0, 0.05) is 15.7 Å². The van der Waals surface area contributed by atoms with E-state index in [1.54, 1.807) is 13.0 Å². The standard InChI is InChI=1S/C13H13BrFNO2/c1-2-18-13(17)12-6-5-11(16-12)9-7-8(15)3-4-10(9)14/h3-4,7,12H,2,5-6H2,1H3/t12-/m1/s1. The molecule has 96 valence electrons. The highest BCUT2D eigenvalue weighted by atomic mass is 79.9. The van der Waals surface area contributed by atoms with Gasteiger partial charge in [-0.3, -0.25) is 4.99 Å². The predicted octanol–water partition coefficient (Wildman–Crippen LogP) is 3.10. The van der Waals surface area contributed by atoms with Crippen LogP contribution >= 0.6 is 15.9 Å². The van der Waals surface area contributed by atoms with Gasteiger partial charge in [-0.25, -0.2) is 9.18 Å². The van der Waals surface area contributed by atoms with Gasteiger partial charge >= 0.3 is 5.97 Å². The fourth-order valence-electron chi connectivity index (χ4n) is 1.92. The Balaban J connectivity index is 2.22. The molecule has 0 radical (unpaired) electrons. The van der Waals surface area contributed by atoms with Crippen molar-refractivity contribution in [2.75, 3.05) is 6.61 Å². The minimum Gasteiger partial charge on any atom is -0.464 e. The summed E-state index contributed by atoms with van der Waals surface area (Å²) in [7, 11) is 0. The minimum absolute atomic E-state index is 0.306. The van der Waals surface area contributed by atoms with Crippen molar-refractivity contribution in [2.45, 2.75) is 25.8 Å². The van der Waals surface area contributed by atoms with Crippen LogP contribution in [0.25, 0.3) is 0 Å². The number of hydrogen-bond donors (Lipinski definition) is 0. The summed E-state index contributed by atoms with van der Waals surface area (Å²) in [6.45, 7) is 2.12. The number of halogens is 2. The largest absolute Gasteiger partial charge is 0.464 e. The second-order valence-electron chi connectivity index (χ2n) is 4.01. The van der Waals surface area contributed by atoms with E-state index in [-0.39, 0.29) is 11.8 Å². The Morgan fingerprint density at radius 3 is 3.11 bits per heavy atom. The maximum atomic E-state index is 13.2. The number of hydrogen-bond acceptors (Lipinski definition) is 3. The molecule has 18 heavy (non-hydrogen) atoms. The molecule has 3 nitrogen and oxygen atoms in total. The molecule has 1 aromatic carbocycles. The first-order valence-electron chi connectivity index (χ1n) is 5.80. The van der Waals surface area contributed by atoms with Gasteiger partial charge in [0.1, 0.15) is 11.9 Å². The molecule has 5 heteroatoms. The molecule has 1 aliphatic rings. The van der Waals surface area contributed by atoms with E-state index in [1.165, 1.54) is 12.1 Å². The van der Waals surface area contributed by atoms with Crippen molar-refractivity contribution in [1.82, 2.24) is 0 Å².